The summed E-state index contributed by atoms with van der Waals surface area (Å²) in [5.74, 6) is 0.179. The van der Waals surface area contributed by atoms with Gasteiger partial charge in [0.15, 0.2) is 0 Å². The van der Waals surface area contributed by atoms with Crippen LogP contribution in [0.1, 0.15) is 51.4 Å². The number of likely N-dealkylation sites (tertiary alicyclic amines) is 1. The van der Waals surface area contributed by atoms with E-state index >= 15 is 0 Å². The highest BCUT2D eigenvalue weighted by Crippen LogP contribution is 2.26. The highest BCUT2D eigenvalue weighted by Gasteiger charge is 2.21. The number of nitrogens with one attached hydrogen (secondary N) is 2. The lowest BCUT2D eigenvalue weighted by Gasteiger charge is -2.27. The Balaban J connectivity index is 1.51. The van der Waals surface area contributed by atoms with Crippen molar-refractivity contribution >= 4 is 17.4 Å². The van der Waals surface area contributed by atoms with E-state index in [-0.39, 0.29) is 11.9 Å². The summed E-state index contributed by atoms with van der Waals surface area (Å²) >= 11 is 0. The average molecular weight is 340 g/mol. The Morgan fingerprint density at radius 2 is 1.68 bits per heavy atom. The average Bonchev–Trinajstić information content (AvgIpc) is 2.93. The number of carbonyl (C=O) groups excluding carboxylic acids is 1. The number of nitrogens with zero attached hydrogens (tertiary/aromatic N) is 2. The summed E-state index contributed by atoms with van der Waals surface area (Å²) < 4.78 is 0. The summed E-state index contributed by atoms with van der Waals surface area (Å²) in [6.07, 6.45) is 8.81. The van der Waals surface area contributed by atoms with Crippen LogP contribution in [0.25, 0.3) is 0 Å². The van der Waals surface area contributed by atoms with E-state index in [2.05, 4.69) is 16.7 Å². The number of anilines is 2. The first-order valence-corrected chi connectivity index (χ1v) is 9.57. The maximum atomic E-state index is 12.4. The third kappa shape index (κ3) is 5.12. The monoisotopic (exact) mass is 340 g/mol. The molecule has 5 heteroatoms. The van der Waals surface area contributed by atoms with Crippen molar-refractivity contribution in [3.8, 4) is 6.07 Å². The molecule has 2 atom stereocenters. The lowest BCUT2D eigenvalue weighted by Crippen LogP contribution is -2.35. The molecule has 1 heterocycles. The van der Waals surface area contributed by atoms with E-state index < -0.39 is 0 Å². The highest BCUT2D eigenvalue weighted by molar-refractivity contribution is 5.89. The van der Waals surface area contributed by atoms with Crippen LogP contribution in [0.4, 0.5) is 16.2 Å². The molecule has 1 aromatic rings. The molecule has 0 spiro atoms. The van der Waals surface area contributed by atoms with Gasteiger partial charge in [-0.15, -0.1) is 0 Å². The highest BCUT2D eigenvalue weighted by atomic mass is 16.2. The van der Waals surface area contributed by atoms with Gasteiger partial charge in [0.25, 0.3) is 0 Å². The Morgan fingerprint density at radius 3 is 2.36 bits per heavy atom. The lowest BCUT2D eigenvalue weighted by atomic mass is 9.86. The van der Waals surface area contributed by atoms with Gasteiger partial charge in [-0.05, 0) is 56.4 Å². The van der Waals surface area contributed by atoms with Crippen molar-refractivity contribution in [3.63, 3.8) is 0 Å². The topological polar surface area (TPSA) is 68.2 Å². The van der Waals surface area contributed by atoms with E-state index in [4.69, 9.17) is 5.26 Å². The molecule has 1 aliphatic heterocycles. The van der Waals surface area contributed by atoms with Gasteiger partial charge >= 0.3 is 6.03 Å². The molecule has 1 aromatic carbocycles. The first-order valence-electron chi connectivity index (χ1n) is 9.57. The van der Waals surface area contributed by atoms with Crippen LogP contribution in [0.15, 0.2) is 24.3 Å². The summed E-state index contributed by atoms with van der Waals surface area (Å²) in [6, 6.07) is 10.7. The van der Waals surface area contributed by atoms with Gasteiger partial charge in [-0.25, -0.2) is 4.79 Å². The summed E-state index contributed by atoms with van der Waals surface area (Å²) in [6.45, 7) is 1.71. The molecule has 1 saturated carbocycles. The Kier molecular flexibility index (Phi) is 6.16. The van der Waals surface area contributed by atoms with E-state index in [0.717, 1.165) is 63.0 Å². The zero-order valence-corrected chi connectivity index (χ0v) is 14.8. The van der Waals surface area contributed by atoms with Crippen molar-refractivity contribution in [3.05, 3.63) is 24.3 Å². The Bertz CT molecular complexity index is 599. The van der Waals surface area contributed by atoms with Gasteiger partial charge in [-0.1, -0.05) is 19.3 Å². The number of hydrogen-bond acceptors (Lipinski definition) is 3. The molecule has 3 rings (SSSR count). The smallest absolute Gasteiger partial charge is 0.321 e. The van der Waals surface area contributed by atoms with Gasteiger partial charge in [-0.3, -0.25) is 0 Å². The number of urea groups is 1. The van der Waals surface area contributed by atoms with Crippen molar-refractivity contribution in [2.75, 3.05) is 23.7 Å². The molecule has 1 aliphatic carbocycles. The van der Waals surface area contributed by atoms with Gasteiger partial charge in [0.05, 0.1) is 6.07 Å². The Morgan fingerprint density at radius 1 is 1.00 bits per heavy atom. The fourth-order valence-corrected chi connectivity index (χ4v) is 3.80. The maximum Gasteiger partial charge on any atom is 0.321 e. The van der Waals surface area contributed by atoms with Gasteiger partial charge in [0.1, 0.15) is 0 Å². The maximum absolute atomic E-state index is 12.4. The van der Waals surface area contributed by atoms with Crippen LogP contribution >= 0.6 is 0 Å². The molecule has 1 saturated heterocycles. The summed E-state index contributed by atoms with van der Waals surface area (Å²) in [4.78, 5) is 14.3. The zero-order chi connectivity index (χ0) is 17.5. The molecule has 134 valence electrons. The van der Waals surface area contributed by atoms with Crippen molar-refractivity contribution in [2.45, 2.75) is 57.4 Å². The van der Waals surface area contributed by atoms with Crippen LogP contribution in [0.2, 0.25) is 0 Å². The van der Waals surface area contributed by atoms with Crippen LogP contribution in [-0.4, -0.2) is 30.1 Å². The zero-order valence-electron chi connectivity index (χ0n) is 14.8. The van der Waals surface area contributed by atoms with Gasteiger partial charge in [0, 0.05) is 36.4 Å². The third-order valence-corrected chi connectivity index (χ3v) is 5.26. The molecular weight excluding hydrogens is 312 g/mol. The predicted molar refractivity (Wildman–Crippen MR) is 100 cm³/mol. The summed E-state index contributed by atoms with van der Waals surface area (Å²) in [5, 5.41) is 15.6. The van der Waals surface area contributed by atoms with E-state index in [0.29, 0.717) is 6.04 Å². The van der Waals surface area contributed by atoms with Crippen molar-refractivity contribution in [1.82, 2.24) is 4.90 Å². The lowest BCUT2D eigenvalue weighted by molar-refractivity contribution is 0.214. The van der Waals surface area contributed by atoms with Gasteiger partial charge in [0.2, 0.25) is 0 Å². The summed E-state index contributed by atoms with van der Waals surface area (Å²) in [7, 11) is 0. The second kappa shape index (κ2) is 8.75. The fraction of sp³-hybridized carbons (Fsp3) is 0.600. The van der Waals surface area contributed by atoms with Crippen LogP contribution in [0.3, 0.4) is 0 Å². The molecule has 0 bridgehead atoms. The molecule has 0 unspecified atom stereocenters. The van der Waals surface area contributed by atoms with Gasteiger partial charge < -0.3 is 15.5 Å². The predicted octanol–water partition coefficient (Wildman–Crippen LogP) is 4.59. The molecule has 2 amide bonds. The molecular formula is C20H28N4O. The van der Waals surface area contributed by atoms with Crippen LogP contribution in [0.5, 0.6) is 0 Å². The summed E-state index contributed by atoms with van der Waals surface area (Å²) in [5.41, 5.74) is 1.88. The minimum atomic E-state index is 0.00625. The quantitative estimate of drug-likeness (QED) is 0.845. The normalized spacial score (nSPS) is 24.0. The van der Waals surface area contributed by atoms with Crippen LogP contribution in [-0.2, 0) is 0 Å². The number of nitriles is 1. The second-order valence-electron chi connectivity index (χ2n) is 7.24. The molecule has 2 aliphatic rings. The number of amides is 2. The minimum absolute atomic E-state index is 0.00625. The van der Waals surface area contributed by atoms with E-state index in [1.807, 2.05) is 29.2 Å². The standard InChI is InChI=1S/C20H28N4O/c21-15-16-6-5-7-19(14-16)22-17-8-10-18(11-9-17)23-20(25)24-12-3-1-2-4-13-24/h8-11,16,19,22H,1-7,12-14H2,(H,23,25)/t16-,19-/m0/s1. The number of rotatable bonds is 3. The number of hydrogen-bond donors (Lipinski definition) is 2. The van der Waals surface area contributed by atoms with Crippen molar-refractivity contribution < 1.29 is 4.79 Å². The van der Waals surface area contributed by atoms with Crippen LogP contribution < -0.4 is 10.6 Å². The molecule has 0 radical (unpaired) electrons. The third-order valence-electron chi connectivity index (χ3n) is 5.26. The fourth-order valence-electron chi connectivity index (χ4n) is 3.80. The van der Waals surface area contributed by atoms with Crippen molar-refractivity contribution in [2.24, 2.45) is 5.92 Å². The van der Waals surface area contributed by atoms with Crippen molar-refractivity contribution in [1.29, 1.82) is 5.26 Å². The molecule has 2 fully saturated rings. The Hall–Kier alpha value is -2.22. The minimum Gasteiger partial charge on any atom is -0.382 e. The first kappa shape index (κ1) is 17.6. The Labute approximate surface area is 150 Å². The molecule has 2 N–H and O–H groups in total. The van der Waals surface area contributed by atoms with E-state index in [1.54, 1.807) is 0 Å². The molecule has 0 aromatic heterocycles. The largest absolute Gasteiger partial charge is 0.382 e. The first-order chi connectivity index (χ1) is 12.2. The second-order valence-corrected chi connectivity index (χ2v) is 7.24. The SMILES string of the molecule is N#C[C@H]1CCC[C@H](Nc2ccc(NC(=O)N3CCCCCC3)cc2)C1. The molecule has 25 heavy (non-hydrogen) atoms. The number of carbonyl (C=O) groups is 1. The molecule has 5 nitrogen and oxygen atoms in total. The van der Waals surface area contributed by atoms with Gasteiger partial charge in [-0.2, -0.15) is 5.26 Å². The van der Waals surface area contributed by atoms with E-state index in [1.165, 1.54) is 12.8 Å². The van der Waals surface area contributed by atoms with Crippen LogP contribution in [0, 0.1) is 17.2 Å². The number of benzene rings is 1. The van der Waals surface area contributed by atoms with E-state index in [9.17, 15) is 4.79 Å².